The van der Waals surface area contributed by atoms with Gasteiger partial charge < -0.3 is 14.2 Å². The van der Waals surface area contributed by atoms with Gasteiger partial charge in [-0.1, -0.05) is 0 Å². The smallest absolute Gasteiger partial charge is 0.427 e. The van der Waals surface area contributed by atoms with Crippen LogP contribution in [0.15, 0.2) is 5.10 Å². The molecule has 6 nitrogen and oxygen atoms in total. The highest BCUT2D eigenvalue weighted by Crippen LogP contribution is 1.77. The van der Waals surface area contributed by atoms with Gasteiger partial charge in [0.1, 0.15) is 6.61 Å². The topological polar surface area (TPSA) is 69.2 Å². The van der Waals surface area contributed by atoms with Gasteiger partial charge in [0.05, 0.1) is 19.4 Å². The lowest BCUT2D eigenvalue weighted by Crippen LogP contribution is -2.21. The van der Waals surface area contributed by atoms with Crippen LogP contribution >= 0.6 is 0 Å². The summed E-state index contributed by atoms with van der Waals surface area (Å²) in [5.74, 6) is 0. The summed E-state index contributed by atoms with van der Waals surface area (Å²) in [6, 6.07) is 0. The molecule has 0 heterocycles. The molecule has 0 aliphatic rings. The molecule has 0 aromatic rings. The van der Waals surface area contributed by atoms with Crippen LogP contribution in [-0.4, -0.2) is 46.3 Å². The van der Waals surface area contributed by atoms with Crippen molar-refractivity contribution in [2.75, 3.05) is 34.0 Å². The molecular formula is C7H14N2O4. The number of hydrogen-bond acceptors (Lipinski definition) is 5. The first-order valence-electron chi connectivity index (χ1n) is 3.73. The molecule has 0 rings (SSSR count). The number of nitrogens with zero attached hydrogens (tertiary/aromatic N) is 1. The third kappa shape index (κ3) is 8.77. The van der Waals surface area contributed by atoms with Gasteiger partial charge in [0.2, 0.25) is 0 Å². The number of rotatable bonds is 6. The molecule has 0 radical (unpaired) electrons. The van der Waals surface area contributed by atoms with Crippen molar-refractivity contribution in [3.63, 3.8) is 0 Å². The van der Waals surface area contributed by atoms with Gasteiger partial charge in [-0.05, 0) is 0 Å². The van der Waals surface area contributed by atoms with Gasteiger partial charge in [-0.3, -0.25) is 0 Å². The van der Waals surface area contributed by atoms with Crippen LogP contribution in [0.5, 0.6) is 0 Å². The Bertz CT molecular complexity index is 161. The standard InChI is InChI=1S/C7H14N2O4/c1-11-4-3-8-9-7(10)13-6-5-12-2/h3H,4-6H2,1-2H3,(H,9,10). The molecule has 0 aliphatic carbocycles. The van der Waals surface area contributed by atoms with Gasteiger partial charge in [0.25, 0.3) is 0 Å². The number of carbonyl (C=O) groups is 1. The van der Waals surface area contributed by atoms with E-state index in [1.54, 1.807) is 0 Å². The molecule has 0 unspecified atom stereocenters. The van der Waals surface area contributed by atoms with E-state index in [0.29, 0.717) is 13.2 Å². The highest BCUT2D eigenvalue weighted by atomic mass is 16.6. The molecule has 1 N–H and O–H groups in total. The summed E-state index contributed by atoms with van der Waals surface area (Å²) in [5, 5.41) is 3.52. The van der Waals surface area contributed by atoms with E-state index in [0.717, 1.165) is 0 Å². The quantitative estimate of drug-likeness (QED) is 0.363. The second-order valence-corrected chi connectivity index (χ2v) is 2.01. The molecule has 0 atom stereocenters. The van der Waals surface area contributed by atoms with E-state index in [2.05, 4.69) is 24.7 Å². The Morgan fingerprint density at radius 1 is 1.38 bits per heavy atom. The van der Waals surface area contributed by atoms with Crippen LogP contribution in [0, 0.1) is 0 Å². The molecule has 0 fully saturated rings. The van der Waals surface area contributed by atoms with E-state index < -0.39 is 6.09 Å². The van der Waals surface area contributed by atoms with Gasteiger partial charge in [0, 0.05) is 14.2 Å². The first kappa shape index (κ1) is 11.9. The minimum atomic E-state index is -0.607. The lowest BCUT2D eigenvalue weighted by molar-refractivity contribution is 0.0988. The Morgan fingerprint density at radius 3 is 2.77 bits per heavy atom. The fraction of sp³-hybridized carbons (Fsp3) is 0.714. The largest absolute Gasteiger partial charge is 0.446 e. The lowest BCUT2D eigenvalue weighted by atomic mass is 10.8. The molecule has 0 bridgehead atoms. The van der Waals surface area contributed by atoms with Crippen molar-refractivity contribution in [3.8, 4) is 0 Å². The van der Waals surface area contributed by atoms with Crippen molar-refractivity contribution < 1.29 is 19.0 Å². The molecule has 0 aromatic carbocycles. The highest BCUT2D eigenvalue weighted by molar-refractivity contribution is 5.69. The van der Waals surface area contributed by atoms with Crippen LogP contribution in [0.3, 0.4) is 0 Å². The lowest BCUT2D eigenvalue weighted by Gasteiger charge is -2.01. The van der Waals surface area contributed by atoms with Crippen molar-refractivity contribution in [1.82, 2.24) is 5.43 Å². The van der Waals surface area contributed by atoms with E-state index in [1.165, 1.54) is 20.4 Å². The minimum absolute atomic E-state index is 0.210. The molecule has 1 amide bonds. The van der Waals surface area contributed by atoms with Crippen molar-refractivity contribution in [3.05, 3.63) is 0 Å². The van der Waals surface area contributed by atoms with E-state index in [9.17, 15) is 4.79 Å². The Labute approximate surface area is 76.8 Å². The third-order valence-corrected chi connectivity index (χ3v) is 1.01. The second kappa shape index (κ2) is 8.95. The number of hydrogen-bond donors (Lipinski definition) is 1. The minimum Gasteiger partial charge on any atom is -0.446 e. The summed E-state index contributed by atoms with van der Waals surface area (Å²) in [4.78, 5) is 10.7. The predicted octanol–water partition coefficient (Wildman–Crippen LogP) is -0.00880. The zero-order valence-corrected chi connectivity index (χ0v) is 7.78. The van der Waals surface area contributed by atoms with Crippen LogP contribution in [0.2, 0.25) is 0 Å². The monoisotopic (exact) mass is 190 g/mol. The molecule has 0 aliphatic heterocycles. The fourth-order valence-corrected chi connectivity index (χ4v) is 0.460. The summed E-state index contributed by atoms with van der Waals surface area (Å²) >= 11 is 0. The van der Waals surface area contributed by atoms with Gasteiger partial charge >= 0.3 is 6.09 Å². The average molecular weight is 190 g/mol. The van der Waals surface area contributed by atoms with Crippen molar-refractivity contribution >= 4 is 12.3 Å². The third-order valence-electron chi connectivity index (χ3n) is 1.01. The number of carbonyl (C=O) groups excluding carboxylic acids is 1. The Morgan fingerprint density at radius 2 is 2.15 bits per heavy atom. The number of hydrazone groups is 1. The Kier molecular flexibility index (Phi) is 8.17. The number of methoxy groups -OCH3 is 2. The van der Waals surface area contributed by atoms with E-state index in [4.69, 9.17) is 0 Å². The van der Waals surface area contributed by atoms with Crippen LogP contribution in [-0.2, 0) is 14.2 Å². The van der Waals surface area contributed by atoms with Crippen molar-refractivity contribution in [2.45, 2.75) is 0 Å². The zero-order valence-electron chi connectivity index (χ0n) is 7.78. The van der Waals surface area contributed by atoms with E-state index in [-0.39, 0.29) is 6.61 Å². The highest BCUT2D eigenvalue weighted by Gasteiger charge is 1.97. The van der Waals surface area contributed by atoms with Gasteiger partial charge in [0.15, 0.2) is 0 Å². The summed E-state index contributed by atoms with van der Waals surface area (Å²) < 4.78 is 14.0. The second-order valence-electron chi connectivity index (χ2n) is 2.01. The summed E-state index contributed by atoms with van der Waals surface area (Å²) in [5.41, 5.74) is 2.15. The fourth-order valence-electron chi connectivity index (χ4n) is 0.460. The van der Waals surface area contributed by atoms with Crippen LogP contribution < -0.4 is 5.43 Å². The molecule has 76 valence electrons. The predicted molar refractivity (Wildman–Crippen MR) is 46.7 cm³/mol. The average Bonchev–Trinajstić information content (AvgIpc) is 2.13. The molecule has 6 heteroatoms. The summed E-state index contributed by atoms with van der Waals surface area (Å²) in [7, 11) is 3.06. The Balaban J connectivity index is 3.29. The van der Waals surface area contributed by atoms with Crippen LogP contribution in [0.4, 0.5) is 4.79 Å². The Hall–Kier alpha value is -1.14. The molecule has 0 saturated carbocycles. The molecule has 13 heavy (non-hydrogen) atoms. The van der Waals surface area contributed by atoms with Crippen LogP contribution in [0.25, 0.3) is 0 Å². The maximum absolute atomic E-state index is 10.7. The van der Waals surface area contributed by atoms with Crippen molar-refractivity contribution in [1.29, 1.82) is 0 Å². The number of nitrogens with one attached hydrogen (secondary N) is 1. The number of ether oxygens (including phenoxy) is 3. The summed E-state index contributed by atoms with van der Waals surface area (Å²) in [6.07, 6.45) is 0.807. The SMILES string of the molecule is COCC=NNC(=O)OCCOC. The maximum atomic E-state index is 10.7. The van der Waals surface area contributed by atoms with Crippen LogP contribution in [0.1, 0.15) is 0 Å². The van der Waals surface area contributed by atoms with Crippen molar-refractivity contribution in [2.24, 2.45) is 5.10 Å². The maximum Gasteiger partial charge on any atom is 0.427 e. The van der Waals surface area contributed by atoms with Gasteiger partial charge in [-0.15, -0.1) is 0 Å². The zero-order chi connectivity index (χ0) is 9.94. The molecule has 0 aromatic heterocycles. The van der Waals surface area contributed by atoms with E-state index in [1.807, 2.05) is 0 Å². The molecular weight excluding hydrogens is 176 g/mol. The summed E-state index contributed by atoms with van der Waals surface area (Å²) in [6.45, 7) is 0.926. The molecule has 0 spiro atoms. The first-order chi connectivity index (χ1) is 6.31. The van der Waals surface area contributed by atoms with E-state index >= 15 is 0 Å². The molecule has 0 saturated heterocycles. The van der Waals surface area contributed by atoms with Gasteiger partial charge in [-0.2, -0.15) is 5.10 Å². The van der Waals surface area contributed by atoms with Gasteiger partial charge in [-0.25, -0.2) is 10.2 Å². The normalized spacial score (nSPS) is 10.3. The number of amides is 1. The first-order valence-corrected chi connectivity index (χ1v) is 3.73.